The van der Waals surface area contributed by atoms with E-state index in [1.54, 1.807) is 0 Å². The summed E-state index contributed by atoms with van der Waals surface area (Å²) in [6.07, 6.45) is -8.94. The molecular formula is C13H9Cl2F5N2O. The zero-order valence-corrected chi connectivity index (χ0v) is 12.6. The van der Waals surface area contributed by atoms with Crippen LogP contribution in [0.1, 0.15) is 6.42 Å². The molecule has 0 aliphatic heterocycles. The van der Waals surface area contributed by atoms with E-state index < -0.39 is 41.6 Å². The van der Waals surface area contributed by atoms with Crippen LogP contribution in [0.5, 0.6) is 0 Å². The topological polar surface area (TPSA) is 58.6 Å². The smallest absolute Gasteiger partial charge is 0.394 e. The summed E-state index contributed by atoms with van der Waals surface area (Å²) in [4.78, 5) is 3.72. The number of nitrogens with two attached hydrogens (primary N) is 1. The first-order chi connectivity index (χ1) is 10.4. The molecule has 23 heavy (non-hydrogen) atoms. The second-order valence-corrected chi connectivity index (χ2v) is 5.64. The Morgan fingerprint density at radius 3 is 2.39 bits per heavy atom. The third-order valence-electron chi connectivity index (χ3n) is 3.15. The van der Waals surface area contributed by atoms with Gasteiger partial charge in [0.05, 0.1) is 27.9 Å². The highest BCUT2D eigenvalue weighted by Crippen LogP contribution is 2.42. The monoisotopic (exact) mass is 374 g/mol. The van der Waals surface area contributed by atoms with Gasteiger partial charge in [0.1, 0.15) is 11.8 Å². The van der Waals surface area contributed by atoms with Gasteiger partial charge in [-0.3, -0.25) is 4.99 Å². The van der Waals surface area contributed by atoms with Crippen molar-refractivity contribution in [2.75, 3.05) is 0 Å². The lowest BCUT2D eigenvalue weighted by atomic mass is 10.1. The highest BCUT2D eigenvalue weighted by molar-refractivity contribution is 6.42. The predicted octanol–water partition coefficient (Wildman–Crippen LogP) is 4.24. The number of nitrogens with zero attached hydrogens (tertiary/aromatic N) is 1. The molecule has 0 bridgehead atoms. The third kappa shape index (κ3) is 3.59. The first kappa shape index (κ1) is 18.0. The van der Waals surface area contributed by atoms with Gasteiger partial charge in [-0.15, -0.1) is 0 Å². The van der Waals surface area contributed by atoms with Crippen LogP contribution in [0.15, 0.2) is 34.5 Å². The van der Waals surface area contributed by atoms with Crippen molar-refractivity contribution in [1.82, 2.24) is 0 Å². The van der Waals surface area contributed by atoms with E-state index in [1.807, 2.05) is 0 Å². The lowest BCUT2D eigenvalue weighted by Crippen LogP contribution is -2.32. The summed E-state index contributed by atoms with van der Waals surface area (Å²) in [5, 5.41) is 9.70. The minimum Gasteiger partial charge on any atom is -0.394 e. The number of hydrogen-bond acceptors (Lipinski definition) is 3. The lowest BCUT2D eigenvalue weighted by Gasteiger charge is -2.16. The summed E-state index contributed by atoms with van der Waals surface area (Å²) < 4.78 is 65.4. The van der Waals surface area contributed by atoms with Crippen molar-refractivity contribution in [3.63, 3.8) is 0 Å². The molecule has 0 unspecified atom stereocenters. The Hall–Kier alpha value is -1.38. The van der Waals surface area contributed by atoms with Gasteiger partial charge in [-0.1, -0.05) is 23.2 Å². The molecule has 0 saturated heterocycles. The Labute approximate surface area is 137 Å². The first-order valence-corrected chi connectivity index (χ1v) is 6.85. The van der Waals surface area contributed by atoms with Crippen molar-refractivity contribution >= 4 is 34.6 Å². The van der Waals surface area contributed by atoms with Gasteiger partial charge in [-0.2, -0.15) is 13.2 Å². The van der Waals surface area contributed by atoms with Crippen LogP contribution in [-0.4, -0.2) is 29.0 Å². The van der Waals surface area contributed by atoms with E-state index in [0.717, 1.165) is 0 Å². The Kier molecular flexibility index (Phi) is 4.62. The van der Waals surface area contributed by atoms with E-state index in [9.17, 15) is 27.1 Å². The van der Waals surface area contributed by atoms with E-state index in [2.05, 4.69) is 4.99 Å². The van der Waals surface area contributed by atoms with Crippen LogP contribution >= 0.6 is 23.2 Å². The van der Waals surface area contributed by atoms with E-state index in [1.165, 1.54) is 18.2 Å². The molecule has 1 fully saturated rings. The van der Waals surface area contributed by atoms with E-state index in [0.29, 0.717) is 0 Å². The molecule has 126 valence electrons. The number of rotatable bonds is 1. The zero-order chi connectivity index (χ0) is 17.6. The standard InChI is InChI=1S/C13H9Cl2F5N2O/c14-6-2-1-5(3-7(6)15)22-8-4-12(16,17)11(23)9(8)10(21)13(18,19)20/h1-3,11,23H,4,21H2/t11-/m0/s1. The van der Waals surface area contributed by atoms with Crippen LogP contribution in [0, 0.1) is 0 Å². The second kappa shape index (κ2) is 5.92. The van der Waals surface area contributed by atoms with Crippen molar-refractivity contribution in [1.29, 1.82) is 0 Å². The Morgan fingerprint density at radius 1 is 1.26 bits per heavy atom. The first-order valence-electron chi connectivity index (χ1n) is 6.09. The van der Waals surface area contributed by atoms with Gasteiger partial charge in [0, 0.05) is 5.57 Å². The summed E-state index contributed by atoms with van der Waals surface area (Å²) in [5.41, 5.74) is 1.31. The SMILES string of the molecule is NC(=C1C(=Nc2ccc(Cl)c(Cl)c2)CC(F)(F)[C@H]1O)C(F)(F)F. The molecule has 0 radical (unpaired) electrons. The highest BCUT2D eigenvalue weighted by Gasteiger charge is 2.53. The van der Waals surface area contributed by atoms with Gasteiger partial charge < -0.3 is 10.8 Å². The molecule has 2 rings (SSSR count). The van der Waals surface area contributed by atoms with Crippen LogP contribution in [0.25, 0.3) is 0 Å². The van der Waals surface area contributed by atoms with Gasteiger partial charge in [0.2, 0.25) is 0 Å². The van der Waals surface area contributed by atoms with Crippen molar-refractivity contribution < 1.29 is 27.1 Å². The number of halogens is 7. The maximum absolute atomic E-state index is 13.6. The van der Waals surface area contributed by atoms with Crippen molar-refractivity contribution in [2.24, 2.45) is 10.7 Å². The van der Waals surface area contributed by atoms with Crippen molar-refractivity contribution in [3.05, 3.63) is 39.5 Å². The third-order valence-corrected chi connectivity index (χ3v) is 3.89. The summed E-state index contributed by atoms with van der Waals surface area (Å²) in [5.74, 6) is -3.81. The minimum atomic E-state index is -5.07. The van der Waals surface area contributed by atoms with Gasteiger partial charge in [0.15, 0.2) is 0 Å². The molecule has 1 aliphatic rings. The lowest BCUT2D eigenvalue weighted by molar-refractivity contribution is -0.0985. The molecule has 0 spiro atoms. The van der Waals surface area contributed by atoms with Crippen molar-refractivity contribution in [2.45, 2.75) is 24.6 Å². The maximum atomic E-state index is 13.6. The van der Waals surface area contributed by atoms with Crippen LogP contribution < -0.4 is 5.73 Å². The molecule has 3 nitrogen and oxygen atoms in total. The number of allylic oxidation sites excluding steroid dienone is 1. The zero-order valence-electron chi connectivity index (χ0n) is 11.1. The number of aliphatic imine (C=N–C) groups is 1. The normalized spacial score (nSPS) is 25.0. The van der Waals surface area contributed by atoms with Gasteiger partial charge in [-0.05, 0) is 18.2 Å². The summed E-state index contributed by atoms with van der Waals surface area (Å²) >= 11 is 11.4. The van der Waals surface area contributed by atoms with Crippen LogP contribution in [0.2, 0.25) is 10.0 Å². The summed E-state index contributed by atoms with van der Waals surface area (Å²) in [6.45, 7) is 0. The predicted molar refractivity (Wildman–Crippen MR) is 76.4 cm³/mol. The fourth-order valence-corrected chi connectivity index (χ4v) is 2.34. The molecule has 0 amide bonds. The Bertz CT molecular complexity index is 700. The van der Waals surface area contributed by atoms with Crippen LogP contribution in [0.4, 0.5) is 27.6 Å². The largest absolute Gasteiger partial charge is 0.431 e. The highest BCUT2D eigenvalue weighted by atomic mass is 35.5. The van der Waals surface area contributed by atoms with Gasteiger partial charge in [-0.25, -0.2) is 8.78 Å². The molecule has 1 saturated carbocycles. The fraction of sp³-hybridized carbons (Fsp3) is 0.308. The number of aliphatic hydroxyl groups is 1. The number of benzene rings is 1. The molecule has 3 N–H and O–H groups in total. The van der Waals surface area contributed by atoms with E-state index >= 15 is 0 Å². The molecule has 1 aliphatic carbocycles. The molecule has 0 aromatic heterocycles. The molecule has 1 aromatic rings. The maximum Gasteiger partial charge on any atom is 0.431 e. The Balaban J connectivity index is 2.58. The minimum absolute atomic E-state index is 0.00627. The number of alkyl halides is 5. The molecule has 1 aromatic carbocycles. The quantitative estimate of drug-likeness (QED) is 0.722. The molecule has 0 heterocycles. The molecular weight excluding hydrogens is 366 g/mol. The second-order valence-electron chi connectivity index (χ2n) is 4.82. The number of aliphatic hydroxyl groups excluding tert-OH is 1. The fourth-order valence-electron chi connectivity index (χ4n) is 2.05. The van der Waals surface area contributed by atoms with Crippen molar-refractivity contribution in [3.8, 4) is 0 Å². The molecule has 1 atom stereocenters. The average molecular weight is 375 g/mol. The van der Waals surface area contributed by atoms with Gasteiger partial charge >= 0.3 is 6.18 Å². The Morgan fingerprint density at radius 2 is 1.87 bits per heavy atom. The van der Waals surface area contributed by atoms with Crippen LogP contribution in [-0.2, 0) is 0 Å². The summed E-state index contributed by atoms with van der Waals surface area (Å²) in [7, 11) is 0. The van der Waals surface area contributed by atoms with E-state index in [-0.39, 0.29) is 15.7 Å². The summed E-state index contributed by atoms with van der Waals surface area (Å²) in [6, 6.07) is 3.79. The van der Waals surface area contributed by atoms with Gasteiger partial charge in [0.25, 0.3) is 5.92 Å². The van der Waals surface area contributed by atoms with E-state index in [4.69, 9.17) is 28.9 Å². The average Bonchev–Trinajstić information content (AvgIpc) is 2.62. The number of hydrogen-bond donors (Lipinski definition) is 2. The van der Waals surface area contributed by atoms with Crippen LogP contribution in [0.3, 0.4) is 0 Å². The molecule has 10 heteroatoms.